The average Bonchev–Trinajstić information content (AvgIpc) is 2.91. The zero-order valence-corrected chi connectivity index (χ0v) is 28.0. The zero-order chi connectivity index (χ0) is 32.4. The topological polar surface area (TPSA) is 54.4 Å². The summed E-state index contributed by atoms with van der Waals surface area (Å²) in [6.07, 6.45) is 29.9. The van der Waals surface area contributed by atoms with Crippen LogP contribution in [0.25, 0.3) is 0 Å². The molecule has 2 rings (SSSR count). The Hall–Kier alpha value is -3.56. The Balaban J connectivity index is 1.94. The van der Waals surface area contributed by atoms with E-state index in [1.807, 2.05) is 50.3 Å². The molecule has 0 unspecified atom stereocenters. The maximum atomic E-state index is 12.2. The summed E-state index contributed by atoms with van der Waals surface area (Å²) in [6, 6.07) is 0. The quantitative estimate of drug-likeness (QED) is 0.262. The second-order valence-corrected chi connectivity index (χ2v) is 13.3. The van der Waals surface area contributed by atoms with E-state index in [1.165, 1.54) is 0 Å². The minimum atomic E-state index is -0.900. The van der Waals surface area contributed by atoms with Crippen molar-refractivity contribution >= 4 is 11.6 Å². The number of carbonyl (C=O) groups excluding carboxylic acids is 2. The summed E-state index contributed by atoms with van der Waals surface area (Å²) in [4.78, 5) is 24.4. The van der Waals surface area contributed by atoms with Gasteiger partial charge in [-0.1, -0.05) is 135 Å². The van der Waals surface area contributed by atoms with Crippen LogP contribution in [0.5, 0.6) is 0 Å². The number of rotatable bonds is 10. The molecule has 3 nitrogen and oxygen atoms in total. The molecule has 0 radical (unpaired) electrons. The van der Waals surface area contributed by atoms with Crippen LogP contribution in [0.4, 0.5) is 0 Å². The van der Waals surface area contributed by atoms with E-state index >= 15 is 0 Å². The van der Waals surface area contributed by atoms with Crippen LogP contribution in [-0.4, -0.2) is 22.8 Å². The second-order valence-electron chi connectivity index (χ2n) is 13.3. The Morgan fingerprint density at radius 2 is 1.07 bits per heavy atom. The lowest BCUT2D eigenvalue weighted by molar-refractivity contribution is -0.125. The first kappa shape index (κ1) is 35.6. The summed E-state index contributed by atoms with van der Waals surface area (Å²) in [6.45, 7) is 20.6. The van der Waals surface area contributed by atoms with Gasteiger partial charge in [0.25, 0.3) is 0 Å². The number of aliphatic hydroxyl groups excluding tert-OH is 1. The molecule has 0 fully saturated rings. The lowest BCUT2D eigenvalue weighted by Crippen LogP contribution is -2.35. The minimum absolute atomic E-state index is 0.0331. The third-order valence-electron chi connectivity index (χ3n) is 8.33. The van der Waals surface area contributed by atoms with Crippen molar-refractivity contribution in [2.24, 2.45) is 10.8 Å². The predicted molar refractivity (Wildman–Crippen MR) is 184 cm³/mol. The van der Waals surface area contributed by atoms with Gasteiger partial charge in [0.05, 0.1) is 0 Å². The molecule has 2 aliphatic carbocycles. The fourth-order valence-electron chi connectivity index (χ4n) is 5.45. The molecular formula is C40H52O3. The van der Waals surface area contributed by atoms with Crippen molar-refractivity contribution in [3.05, 3.63) is 130 Å². The van der Waals surface area contributed by atoms with Gasteiger partial charge in [0.1, 0.15) is 6.10 Å². The summed E-state index contributed by atoms with van der Waals surface area (Å²) in [5, 5.41) is 10.0. The van der Waals surface area contributed by atoms with Crippen molar-refractivity contribution in [1.82, 2.24) is 0 Å². The van der Waals surface area contributed by atoms with Gasteiger partial charge in [0.2, 0.25) is 0 Å². The standard InChI is InChI=1S/C40H52O3/c1-28(17-13-19-30(3)21-23-34-32(5)36(41)25-26-39(34,7)8)15-11-12-16-29(2)18-14-20-31(4)22-24-35-33(6)38(43)37(42)27-40(35,9)10/h11-24,37,42H,25-27H2,1-10H3/b12-11+,17-13+,18-14+,23-21+,24-22-,28-15+,29-16+,30-19+,31-20+/t37-/m0/s1. The fraction of sp³-hybridized carbons (Fsp3) is 0.400. The molecule has 2 aliphatic rings. The molecule has 0 saturated carbocycles. The number of hydrogen-bond acceptors (Lipinski definition) is 3. The third-order valence-corrected chi connectivity index (χ3v) is 8.33. The fourth-order valence-corrected chi connectivity index (χ4v) is 5.45. The Kier molecular flexibility index (Phi) is 13.1. The van der Waals surface area contributed by atoms with Crippen molar-refractivity contribution in [1.29, 1.82) is 0 Å². The van der Waals surface area contributed by atoms with Crippen LogP contribution < -0.4 is 0 Å². The zero-order valence-electron chi connectivity index (χ0n) is 28.0. The van der Waals surface area contributed by atoms with Crippen LogP contribution in [0, 0.1) is 10.8 Å². The normalized spacial score (nSPS) is 23.1. The highest BCUT2D eigenvalue weighted by Gasteiger charge is 2.36. The number of hydrogen-bond donors (Lipinski definition) is 1. The van der Waals surface area contributed by atoms with Crippen LogP contribution in [0.3, 0.4) is 0 Å². The van der Waals surface area contributed by atoms with E-state index in [0.717, 1.165) is 45.4 Å². The maximum Gasteiger partial charge on any atom is 0.187 e. The Labute approximate surface area is 260 Å². The third kappa shape index (κ3) is 10.9. The van der Waals surface area contributed by atoms with Gasteiger partial charge < -0.3 is 5.11 Å². The summed E-state index contributed by atoms with van der Waals surface area (Å²) in [7, 11) is 0. The SMILES string of the molecule is CC1=C(\C=C/C(C)=C/C=C/C(C)=C/C=C/C=C(C)/C=C/C=C(C)/C=C/C2=C(C)C(=O)CCC2(C)C)C(C)(C)C[C@H](O)C1=O. The summed E-state index contributed by atoms with van der Waals surface area (Å²) < 4.78 is 0. The smallest absolute Gasteiger partial charge is 0.187 e. The van der Waals surface area contributed by atoms with E-state index in [-0.39, 0.29) is 22.4 Å². The van der Waals surface area contributed by atoms with Crippen molar-refractivity contribution in [2.45, 2.75) is 94.6 Å². The molecule has 1 N–H and O–H groups in total. The molecule has 0 aromatic rings. The van der Waals surface area contributed by atoms with Gasteiger partial charge >= 0.3 is 0 Å². The molecule has 0 aromatic carbocycles. The van der Waals surface area contributed by atoms with Crippen LogP contribution in [0.1, 0.15) is 88.5 Å². The van der Waals surface area contributed by atoms with Crippen LogP contribution in [0.15, 0.2) is 130 Å². The van der Waals surface area contributed by atoms with Gasteiger partial charge in [-0.2, -0.15) is 0 Å². The predicted octanol–water partition coefficient (Wildman–Crippen LogP) is 9.93. The number of carbonyl (C=O) groups is 2. The van der Waals surface area contributed by atoms with E-state index in [0.29, 0.717) is 18.4 Å². The lowest BCUT2D eigenvalue weighted by Gasteiger charge is -2.34. The maximum absolute atomic E-state index is 12.2. The van der Waals surface area contributed by atoms with Crippen LogP contribution >= 0.6 is 0 Å². The van der Waals surface area contributed by atoms with Crippen molar-refractivity contribution in [3.8, 4) is 0 Å². The molecular weight excluding hydrogens is 528 g/mol. The Morgan fingerprint density at radius 3 is 1.56 bits per heavy atom. The van der Waals surface area contributed by atoms with Gasteiger partial charge in [-0.15, -0.1) is 0 Å². The van der Waals surface area contributed by atoms with Gasteiger partial charge in [-0.25, -0.2) is 0 Å². The van der Waals surface area contributed by atoms with Gasteiger partial charge in [-0.3, -0.25) is 9.59 Å². The molecule has 0 bridgehead atoms. The van der Waals surface area contributed by atoms with Crippen molar-refractivity contribution in [2.75, 3.05) is 0 Å². The van der Waals surface area contributed by atoms with E-state index < -0.39 is 6.10 Å². The Bertz CT molecular complexity index is 1420. The monoisotopic (exact) mass is 580 g/mol. The number of aliphatic hydroxyl groups is 1. The molecule has 3 heteroatoms. The van der Waals surface area contributed by atoms with Gasteiger partial charge in [0, 0.05) is 6.42 Å². The van der Waals surface area contributed by atoms with Crippen molar-refractivity contribution in [3.63, 3.8) is 0 Å². The lowest BCUT2D eigenvalue weighted by atomic mass is 9.71. The molecule has 230 valence electrons. The molecule has 0 aromatic heterocycles. The largest absolute Gasteiger partial charge is 0.385 e. The summed E-state index contributed by atoms with van der Waals surface area (Å²) >= 11 is 0. The van der Waals surface area contributed by atoms with Crippen molar-refractivity contribution < 1.29 is 14.7 Å². The van der Waals surface area contributed by atoms with Gasteiger partial charge in [-0.05, 0) is 87.5 Å². The van der Waals surface area contributed by atoms with E-state index in [9.17, 15) is 14.7 Å². The number of Topliss-reactive ketones (excluding diaryl/α,β-unsaturated/α-hetero) is 2. The highest BCUT2D eigenvalue weighted by atomic mass is 16.3. The molecule has 0 saturated heterocycles. The first-order chi connectivity index (χ1) is 20.0. The van der Waals surface area contributed by atoms with Crippen LogP contribution in [0.2, 0.25) is 0 Å². The molecule has 0 heterocycles. The van der Waals surface area contributed by atoms with Gasteiger partial charge in [0.15, 0.2) is 11.6 Å². The Morgan fingerprint density at radius 1 is 0.651 bits per heavy atom. The molecule has 0 spiro atoms. The van der Waals surface area contributed by atoms with E-state index in [4.69, 9.17) is 0 Å². The van der Waals surface area contributed by atoms with Crippen LogP contribution in [-0.2, 0) is 9.59 Å². The summed E-state index contributed by atoms with van der Waals surface area (Å²) in [5.74, 6) is 0.0963. The first-order valence-electron chi connectivity index (χ1n) is 15.3. The highest BCUT2D eigenvalue weighted by Crippen LogP contribution is 2.40. The van der Waals surface area contributed by atoms with E-state index in [1.54, 1.807) is 6.92 Å². The van der Waals surface area contributed by atoms with E-state index in [2.05, 4.69) is 97.1 Å². The average molecular weight is 581 g/mol. The first-order valence-corrected chi connectivity index (χ1v) is 15.3. The number of allylic oxidation sites excluding steroid dienone is 21. The molecule has 1 atom stereocenters. The molecule has 0 amide bonds. The summed E-state index contributed by atoms with van der Waals surface area (Å²) in [5.41, 5.74) is 7.99. The minimum Gasteiger partial charge on any atom is -0.385 e. The molecule has 43 heavy (non-hydrogen) atoms. The highest BCUT2D eigenvalue weighted by molar-refractivity contribution is 6.00. The second kappa shape index (κ2) is 15.8. The molecule has 0 aliphatic heterocycles. The number of ketones is 2.